The highest BCUT2D eigenvalue weighted by Gasteiger charge is 2.12. The van der Waals surface area contributed by atoms with E-state index in [-0.39, 0.29) is 10.9 Å². The fourth-order valence-electron chi connectivity index (χ4n) is 0.523. The van der Waals surface area contributed by atoms with Gasteiger partial charge in [0.25, 0.3) is 10.2 Å². The second kappa shape index (κ2) is 5.16. The number of hydrogen-bond donors (Lipinski definition) is 3. The third-order valence-corrected chi connectivity index (χ3v) is 1.29. The van der Waals surface area contributed by atoms with Crippen LogP contribution in [-0.2, 0) is 4.74 Å². The van der Waals surface area contributed by atoms with Crippen molar-refractivity contribution < 1.29 is 20.1 Å². The van der Waals surface area contributed by atoms with Crippen molar-refractivity contribution in [3.8, 4) is 0 Å². The van der Waals surface area contributed by atoms with Gasteiger partial charge in [-0.25, -0.2) is 5.21 Å². The Morgan fingerprint density at radius 3 is 2.75 bits per heavy atom. The fraction of sp³-hybridized carbons (Fsp3) is 0.800. The molecule has 0 aliphatic rings. The highest BCUT2D eigenvalue weighted by Crippen LogP contribution is 1.89. The first-order chi connectivity index (χ1) is 5.61. The van der Waals surface area contributed by atoms with Gasteiger partial charge in [0.15, 0.2) is 5.90 Å². The van der Waals surface area contributed by atoms with Crippen molar-refractivity contribution in [1.82, 2.24) is 5.01 Å². The fourth-order valence-corrected chi connectivity index (χ4v) is 0.523. The minimum absolute atomic E-state index is 0.105. The molecule has 0 aliphatic heterocycles. The molecule has 0 rings (SSSR count). The van der Waals surface area contributed by atoms with Crippen LogP contribution in [0.25, 0.3) is 0 Å². The largest absolute Gasteiger partial charge is 0.484 e. The van der Waals surface area contributed by atoms with Gasteiger partial charge in [-0.2, -0.15) is 0 Å². The molecule has 0 saturated heterocycles. The number of hydrogen-bond acceptors (Lipinski definition) is 3. The van der Waals surface area contributed by atoms with E-state index >= 15 is 0 Å². The van der Waals surface area contributed by atoms with E-state index in [1.807, 2.05) is 0 Å². The van der Waals surface area contributed by atoms with Crippen LogP contribution in [0.5, 0.6) is 0 Å². The van der Waals surface area contributed by atoms with Gasteiger partial charge in [0, 0.05) is 6.42 Å². The maximum Gasteiger partial charge on any atom is 0.271 e. The molecule has 7 nitrogen and oxygen atoms in total. The highest BCUT2D eigenvalue weighted by atomic mass is 16.6. The van der Waals surface area contributed by atoms with Crippen LogP contribution in [0, 0.1) is 5.41 Å². The number of hydrazine groups is 1. The normalized spacial score (nSPS) is 11.0. The number of nitrogens with one attached hydrogen (secondary N) is 1. The smallest absolute Gasteiger partial charge is 0.271 e. The molecule has 0 aromatic carbocycles. The van der Waals surface area contributed by atoms with Gasteiger partial charge >= 0.3 is 0 Å². The number of nitrogens with zero attached hydrogens (tertiary/aromatic N) is 3. The lowest BCUT2D eigenvalue weighted by Gasteiger charge is -2.05. The molecule has 0 spiro atoms. The zero-order valence-corrected chi connectivity index (χ0v) is 7.06. The summed E-state index contributed by atoms with van der Waals surface area (Å²) in [4.78, 5) is 0.281. The van der Waals surface area contributed by atoms with E-state index < -0.39 is 0 Å². The molecule has 0 radical (unpaired) electrons. The topological polar surface area (TPSA) is 92.2 Å². The summed E-state index contributed by atoms with van der Waals surface area (Å²) in [5.74, 6) is 0.105. The van der Waals surface area contributed by atoms with Gasteiger partial charge in [0.1, 0.15) is 0 Å². The average molecular weight is 177 g/mol. The van der Waals surface area contributed by atoms with Crippen molar-refractivity contribution in [3.05, 3.63) is 0 Å². The minimum atomic E-state index is 0.105. The van der Waals surface area contributed by atoms with E-state index in [2.05, 4.69) is 10.0 Å². The average Bonchev–Trinajstić information content (AvgIpc) is 2.11. The zero-order chi connectivity index (χ0) is 9.56. The predicted molar refractivity (Wildman–Crippen MR) is 38.2 cm³/mol. The highest BCUT2D eigenvalue weighted by molar-refractivity contribution is 5.72. The van der Waals surface area contributed by atoms with E-state index in [0.717, 1.165) is 0 Å². The molecule has 3 N–H and O–H groups in total. The van der Waals surface area contributed by atoms with Crippen LogP contribution >= 0.6 is 0 Å². The second-order valence-electron chi connectivity index (χ2n) is 2.12. The van der Waals surface area contributed by atoms with E-state index in [1.54, 1.807) is 0 Å². The molecule has 0 aromatic rings. The summed E-state index contributed by atoms with van der Waals surface area (Å²) in [5.41, 5.74) is 0. The Balaban J connectivity index is 3.71. The maximum absolute atomic E-state index is 8.74. The minimum Gasteiger partial charge on any atom is -0.484 e. The molecule has 7 heteroatoms. The van der Waals surface area contributed by atoms with Crippen LogP contribution in [0.3, 0.4) is 0 Å². The van der Waals surface area contributed by atoms with E-state index in [9.17, 15) is 0 Å². The molecule has 12 heavy (non-hydrogen) atoms. The summed E-state index contributed by atoms with van der Waals surface area (Å²) in [6.45, 7) is 0.327. The summed E-state index contributed by atoms with van der Waals surface area (Å²) < 4.78 is 4.58. The SMILES string of the molecule is COC(=N)CCN(C)[N+](O)=NO. The molecule has 0 heterocycles. The standard InChI is InChI=1S/C5H12N4O3/c1-8(9(11)7-10)4-3-5(6)12-2/h6,11H,3-4H2,1-2H3/p+1. The first-order valence-electron chi connectivity index (χ1n) is 3.28. The maximum atomic E-state index is 8.74. The molecule has 0 atom stereocenters. The molecule has 0 saturated carbocycles. The Bertz CT molecular complexity index is 182. The Morgan fingerprint density at radius 1 is 1.75 bits per heavy atom. The Kier molecular flexibility index (Phi) is 4.51. The third kappa shape index (κ3) is 3.59. The second-order valence-corrected chi connectivity index (χ2v) is 2.12. The first-order valence-corrected chi connectivity index (χ1v) is 3.28. The van der Waals surface area contributed by atoms with Gasteiger partial charge in [-0.15, -0.1) is 5.01 Å². The van der Waals surface area contributed by atoms with Crippen LogP contribution < -0.4 is 0 Å². The molecule has 0 unspecified atom stereocenters. The lowest BCUT2D eigenvalue weighted by Crippen LogP contribution is -2.30. The monoisotopic (exact) mass is 177 g/mol. The van der Waals surface area contributed by atoms with Crippen LogP contribution in [0.15, 0.2) is 5.28 Å². The molecular weight excluding hydrogens is 164 g/mol. The van der Waals surface area contributed by atoms with Crippen molar-refractivity contribution >= 4 is 5.90 Å². The predicted octanol–water partition coefficient (Wildman–Crippen LogP) is 0.0901. The van der Waals surface area contributed by atoms with Crippen LogP contribution in [0.4, 0.5) is 0 Å². The van der Waals surface area contributed by atoms with Crippen LogP contribution in [-0.4, -0.2) is 47.0 Å². The quantitative estimate of drug-likeness (QED) is 0.186. The van der Waals surface area contributed by atoms with Gasteiger partial charge in [0.05, 0.1) is 20.7 Å². The van der Waals surface area contributed by atoms with Crippen molar-refractivity contribution in [2.24, 2.45) is 5.28 Å². The van der Waals surface area contributed by atoms with Crippen LogP contribution in [0.1, 0.15) is 6.42 Å². The Labute approximate surface area is 69.9 Å². The van der Waals surface area contributed by atoms with Gasteiger partial charge in [0.2, 0.25) is 0 Å². The summed E-state index contributed by atoms with van der Waals surface area (Å²) in [6, 6.07) is 0. The van der Waals surface area contributed by atoms with Gasteiger partial charge in [-0.3, -0.25) is 5.41 Å². The van der Waals surface area contributed by atoms with E-state index in [4.69, 9.17) is 15.8 Å². The molecule has 70 valence electrons. The summed E-state index contributed by atoms with van der Waals surface area (Å²) in [6.07, 6.45) is 0.333. The van der Waals surface area contributed by atoms with Crippen molar-refractivity contribution in [3.63, 3.8) is 0 Å². The van der Waals surface area contributed by atoms with Crippen molar-refractivity contribution in [2.45, 2.75) is 6.42 Å². The molecule has 0 amide bonds. The molecular formula is C5H13N4O3+. The summed E-state index contributed by atoms with van der Waals surface area (Å²) in [5, 5.41) is 27.6. The Morgan fingerprint density at radius 2 is 2.33 bits per heavy atom. The lowest BCUT2D eigenvalue weighted by molar-refractivity contribution is -0.937. The summed E-state index contributed by atoms with van der Waals surface area (Å²) >= 11 is 0. The molecule has 0 bridgehead atoms. The van der Waals surface area contributed by atoms with E-state index in [0.29, 0.717) is 13.0 Å². The third-order valence-electron chi connectivity index (χ3n) is 1.29. The van der Waals surface area contributed by atoms with Gasteiger partial charge in [-0.05, 0) is 0 Å². The van der Waals surface area contributed by atoms with Gasteiger partial charge in [-0.1, -0.05) is 0 Å². The lowest BCUT2D eigenvalue weighted by atomic mass is 10.4. The first kappa shape index (κ1) is 10.5. The molecule has 0 aliphatic carbocycles. The number of methoxy groups -OCH3 is 1. The summed E-state index contributed by atoms with van der Waals surface area (Å²) in [7, 11) is 2.90. The Hall–Kier alpha value is -1.53. The van der Waals surface area contributed by atoms with E-state index in [1.165, 1.54) is 19.2 Å². The molecule has 0 fully saturated rings. The number of ether oxygens (including phenoxy) is 1. The van der Waals surface area contributed by atoms with Crippen molar-refractivity contribution in [2.75, 3.05) is 20.7 Å². The zero-order valence-electron chi connectivity index (χ0n) is 7.06. The molecule has 0 aromatic heterocycles. The van der Waals surface area contributed by atoms with Gasteiger partial charge < -0.3 is 9.94 Å². The van der Waals surface area contributed by atoms with Crippen LogP contribution in [0.2, 0.25) is 0 Å². The van der Waals surface area contributed by atoms with Crippen molar-refractivity contribution in [1.29, 1.82) is 5.41 Å². The number of rotatable bonds is 4.